The van der Waals surface area contributed by atoms with Crippen LogP contribution in [0.2, 0.25) is 0 Å². The van der Waals surface area contributed by atoms with E-state index >= 15 is 0 Å². The molecule has 0 fully saturated rings. The van der Waals surface area contributed by atoms with E-state index in [1.807, 2.05) is 18.3 Å². The summed E-state index contributed by atoms with van der Waals surface area (Å²) in [5.41, 5.74) is 12.0. The maximum atomic E-state index is 6.12. The third kappa shape index (κ3) is 2.17. The number of aromatic amines is 1. The molecule has 4 heteroatoms. The van der Waals surface area contributed by atoms with Gasteiger partial charge in [-0.3, -0.25) is 4.90 Å². The molecule has 0 saturated heterocycles. The van der Waals surface area contributed by atoms with E-state index in [9.17, 15) is 0 Å². The summed E-state index contributed by atoms with van der Waals surface area (Å²) in [5, 5.41) is 1.21. The molecule has 0 aliphatic carbocycles. The Morgan fingerprint density at radius 1 is 1.24 bits per heavy atom. The molecular weight excluding hydrogens is 260 g/mol. The van der Waals surface area contributed by atoms with Gasteiger partial charge in [0.2, 0.25) is 0 Å². The van der Waals surface area contributed by atoms with Gasteiger partial charge in [-0.05, 0) is 41.3 Å². The molecular formula is C17H18N4. The fourth-order valence-corrected chi connectivity index (χ4v) is 3.18. The topological polar surface area (TPSA) is 57.9 Å². The molecule has 0 atom stereocenters. The Morgan fingerprint density at radius 2 is 2.19 bits per heavy atom. The molecule has 3 aromatic rings. The highest BCUT2D eigenvalue weighted by Crippen LogP contribution is 2.26. The van der Waals surface area contributed by atoms with Gasteiger partial charge in [0, 0.05) is 43.1 Å². The highest BCUT2D eigenvalue weighted by molar-refractivity contribution is 5.79. The SMILES string of the molecule is Nc1cccc2c1CN(Cc1c[nH]c3ncccc13)CC2. The van der Waals surface area contributed by atoms with Crippen LogP contribution < -0.4 is 5.73 Å². The van der Waals surface area contributed by atoms with Crippen molar-refractivity contribution in [3.8, 4) is 0 Å². The van der Waals surface area contributed by atoms with Gasteiger partial charge in [-0.15, -0.1) is 0 Å². The zero-order chi connectivity index (χ0) is 14.2. The molecule has 1 aromatic carbocycles. The maximum Gasteiger partial charge on any atom is 0.137 e. The van der Waals surface area contributed by atoms with Crippen LogP contribution in [0, 0.1) is 0 Å². The van der Waals surface area contributed by atoms with Crippen LogP contribution >= 0.6 is 0 Å². The van der Waals surface area contributed by atoms with Crippen LogP contribution in [0.5, 0.6) is 0 Å². The second-order valence-corrected chi connectivity index (χ2v) is 5.66. The molecule has 2 aromatic heterocycles. The molecule has 4 rings (SSSR count). The fourth-order valence-electron chi connectivity index (χ4n) is 3.18. The Morgan fingerprint density at radius 3 is 3.14 bits per heavy atom. The first-order valence-corrected chi connectivity index (χ1v) is 7.31. The number of nitrogens with two attached hydrogens (primary N) is 1. The molecule has 106 valence electrons. The lowest BCUT2D eigenvalue weighted by Crippen LogP contribution is -2.30. The predicted octanol–water partition coefficient (Wildman–Crippen LogP) is 2.70. The van der Waals surface area contributed by atoms with Gasteiger partial charge in [-0.1, -0.05) is 12.1 Å². The number of hydrogen-bond donors (Lipinski definition) is 2. The second kappa shape index (κ2) is 4.90. The maximum absolute atomic E-state index is 6.12. The van der Waals surface area contributed by atoms with Crippen LogP contribution in [-0.2, 0) is 19.5 Å². The number of pyridine rings is 1. The highest BCUT2D eigenvalue weighted by Gasteiger charge is 2.19. The lowest BCUT2D eigenvalue weighted by atomic mass is 9.98. The molecule has 1 aliphatic rings. The van der Waals surface area contributed by atoms with Crippen LogP contribution in [0.1, 0.15) is 16.7 Å². The summed E-state index contributed by atoms with van der Waals surface area (Å²) in [6, 6.07) is 10.4. The first-order valence-electron chi connectivity index (χ1n) is 7.31. The molecule has 3 N–H and O–H groups in total. The molecule has 0 bridgehead atoms. The number of rotatable bonds is 2. The average molecular weight is 278 g/mol. The quantitative estimate of drug-likeness (QED) is 0.709. The molecule has 4 nitrogen and oxygen atoms in total. The minimum absolute atomic E-state index is 0.915. The van der Waals surface area contributed by atoms with Crippen molar-refractivity contribution in [1.82, 2.24) is 14.9 Å². The van der Waals surface area contributed by atoms with Crippen molar-refractivity contribution in [3.05, 3.63) is 59.4 Å². The van der Waals surface area contributed by atoms with Gasteiger partial charge in [0.05, 0.1) is 0 Å². The minimum atomic E-state index is 0.915. The van der Waals surface area contributed by atoms with Crippen LogP contribution in [0.25, 0.3) is 11.0 Å². The van der Waals surface area contributed by atoms with Crippen molar-refractivity contribution in [1.29, 1.82) is 0 Å². The van der Waals surface area contributed by atoms with E-state index in [1.165, 1.54) is 22.1 Å². The average Bonchev–Trinajstić information content (AvgIpc) is 2.92. The molecule has 0 radical (unpaired) electrons. The Labute approximate surface area is 123 Å². The molecule has 0 spiro atoms. The number of H-pyrrole nitrogens is 1. The van der Waals surface area contributed by atoms with E-state index in [0.29, 0.717) is 0 Å². The van der Waals surface area contributed by atoms with E-state index in [2.05, 4.69) is 39.3 Å². The summed E-state index contributed by atoms with van der Waals surface area (Å²) in [7, 11) is 0. The number of aromatic nitrogens is 2. The van der Waals surface area contributed by atoms with Crippen LogP contribution in [0.3, 0.4) is 0 Å². The van der Waals surface area contributed by atoms with Crippen LogP contribution in [0.4, 0.5) is 5.69 Å². The first-order chi connectivity index (χ1) is 10.3. The highest BCUT2D eigenvalue weighted by atomic mass is 15.1. The van der Waals surface area contributed by atoms with Crippen molar-refractivity contribution >= 4 is 16.7 Å². The van der Waals surface area contributed by atoms with E-state index in [0.717, 1.165) is 37.4 Å². The summed E-state index contributed by atoms with van der Waals surface area (Å²) in [6.45, 7) is 2.93. The number of benzene rings is 1. The number of hydrogen-bond acceptors (Lipinski definition) is 3. The van der Waals surface area contributed by atoms with Gasteiger partial charge in [0.1, 0.15) is 5.65 Å². The monoisotopic (exact) mass is 278 g/mol. The van der Waals surface area contributed by atoms with Gasteiger partial charge in [-0.2, -0.15) is 0 Å². The Bertz CT molecular complexity index is 790. The van der Waals surface area contributed by atoms with Crippen LogP contribution in [-0.4, -0.2) is 21.4 Å². The summed E-state index contributed by atoms with van der Waals surface area (Å²) in [6.07, 6.45) is 4.96. The largest absolute Gasteiger partial charge is 0.398 e. The van der Waals surface area contributed by atoms with Gasteiger partial charge < -0.3 is 10.7 Å². The lowest BCUT2D eigenvalue weighted by Gasteiger charge is -2.29. The lowest BCUT2D eigenvalue weighted by molar-refractivity contribution is 0.247. The van der Waals surface area contributed by atoms with E-state index < -0.39 is 0 Å². The van der Waals surface area contributed by atoms with Crippen molar-refractivity contribution in [2.45, 2.75) is 19.5 Å². The predicted molar refractivity (Wildman–Crippen MR) is 84.8 cm³/mol. The van der Waals surface area contributed by atoms with E-state index in [1.54, 1.807) is 0 Å². The summed E-state index contributed by atoms with van der Waals surface area (Å²) in [5.74, 6) is 0. The van der Waals surface area contributed by atoms with E-state index in [-0.39, 0.29) is 0 Å². The molecule has 21 heavy (non-hydrogen) atoms. The number of anilines is 1. The zero-order valence-electron chi connectivity index (χ0n) is 11.8. The van der Waals surface area contributed by atoms with Gasteiger partial charge in [0.25, 0.3) is 0 Å². The molecule has 0 amide bonds. The summed E-state index contributed by atoms with van der Waals surface area (Å²) in [4.78, 5) is 10.0. The standard InChI is InChI=1S/C17H18N4/c18-16-5-1-3-12-6-8-21(11-15(12)16)10-13-9-20-17-14(13)4-2-7-19-17/h1-5,7,9H,6,8,10-11,18H2,(H,19,20). The number of nitrogens with zero attached hydrogens (tertiary/aromatic N) is 2. The number of nitrogen functional groups attached to an aromatic ring is 1. The number of fused-ring (bicyclic) bond motifs is 2. The normalized spacial score (nSPS) is 15.2. The van der Waals surface area contributed by atoms with Crippen molar-refractivity contribution in [3.63, 3.8) is 0 Å². The molecule has 1 aliphatic heterocycles. The Balaban J connectivity index is 1.60. The van der Waals surface area contributed by atoms with Gasteiger partial charge >= 0.3 is 0 Å². The second-order valence-electron chi connectivity index (χ2n) is 5.66. The van der Waals surface area contributed by atoms with Gasteiger partial charge in [0.15, 0.2) is 0 Å². The third-order valence-corrected chi connectivity index (χ3v) is 4.32. The van der Waals surface area contributed by atoms with Crippen molar-refractivity contribution in [2.75, 3.05) is 12.3 Å². The third-order valence-electron chi connectivity index (χ3n) is 4.32. The van der Waals surface area contributed by atoms with Crippen molar-refractivity contribution in [2.24, 2.45) is 0 Å². The van der Waals surface area contributed by atoms with Crippen molar-refractivity contribution < 1.29 is 0 Å². The van der Waals surface area contributed by atoms with Crippen LogP contribution in [0.15, 0.2) is 42.7 Å². The molecule has 0 unspecified atom stereocenters. The smallest absolute Gasteiger partial charge is 0.137 e. The summed E-state index contributed by atoms with van der Waals surface area (Å²) >= 11 is 0. The first kappa shape index (κ1) is 12.4. The Kier molecular flexibility index (Phi) is 2.89. The van der Waals surface area contributed by atoms with Gasteiger partial charge in [-0.25, -0.2) is 4.98 Å². The molecule has 0 saturated carbocycles. The fraction of sp³-hybridized carbons (Fsp3) is 0.235. The summed E-state index contributed by atoms with van der Waals surface area (Å²) < 4.78 is 0. The molecule has 3 heterocycles. The Hall–Kier alpha value is -2.33. The van der Waals surface area contributed by atoms with E-state index in [4.69, 9.17) is 5.73 Å². The zero-order valence-corrected chi connectivity index (χ0v) is 11.8. The minimum Gasteiger partial charge on any atom is -0.398 e. The number of nitrogens with one attached hydrogen (secondary N) is 1.